The molecule has 1 heterocycles. The van der Waals surface area contributed by atoms with Gasteiger partial charge in [0.1, 0.15) is 5.60 Å². The van der Waals surface area contributed by atoms with Crippen LogP contribution in [0.3, 0.4) is 0 Å². The highest BCUT2D eigenvalue weighted by Gasteiger charge is 2.50. The standard InChI is InChI=1S/C14H13BrO2/c1-9-8-14(17-13(9)16)7-6-10-4-2-3-5-11(10)12(14)15/h2-5,12H,1,6-8H2/t12-,14+/m1/s1. The second kappa shape index (κ2) is 3.70. The average Bonchev–Trinajstić information content (AvgIpc) is 2.62. The van der Waals surface area contributed by atoms with Crippen molar-refractivity contribution in [3.05, 3.63) is 47.5 Å². The second-order valence-electron chi connectivity index (χ2n) is 4.80. The van der Waals surface area contributed by atoms with E-state index in [4.69, 9.17) is 4.74 Å². The van der Waals surface area contributed by atoms with Crippen LogP contribution in [-0.4, -0.2) is 11.6 Å². The molecule has 0 unspecified atom stereocenters. The summed E-state index contributed by atoms with van der Waals surface area (Å²) in [7, 11) is 0. The first-order valence-electron chi connectivity index (χ1n) is 5.75. The van der Waals surface area contributed by atoms with Crippen molar-refractivity contribution >= 4 is 21.9 Å². The summed E-state index contributed by atoms with van der Waals surface area (Å²) >= 11 is 3.71. The van der Waals surface area contributed by atoms with E-state index in [2.05, 4.69) is 40.7 Å². The lowest BCUT2D eigenvalue weighted by atomic mass is 9.78. The molecule has 0 aromatic heterocycles. The minimum atomic E-state index is -0.414. The van der Waals surface area contributed by atoms with Gasteiger partial charge in [-0.2, -0.15) is 0 Å². The van der Waals surface area contributed by atoms with Gasteiger partial charge in [-0.3, -0.25) is 0 Å². The molecule has 1 spiro atoms. The van der Waals surface area contributed by atoms with Gasteiger partial charge < -0.3 is 4.74 Å². The molecule has 0 radical (unpaired) electrons. The summed E-state index contributed by atoms with van der Waals surface area (Å²) in [5, 5.41) is 0. The number of alkyl halides is 1. The third kappa shape index (κ3) is 1.56. The van der Waals surface area contributed by atoms with Crippen LogP contribution in [0.5, 0.6) is 0 Å². The van der Waals surface area contributed by atoms with Gasteiger partial charge >= 0.3 is 5.97 Å². The first kappa shape index (κ1) is 11.0. The first-order chi connectivity index (χ1) is 8.12. The second-order valence-corrected chi connectivity index (χ2v) is 5.71. The number of halogens is 1. The van der Waals surface area contributed by atoms with Crippen LogP contribution in [0.15, 0.2) is 36.4 Å². The largest absolute Gasteiger partial charge is 0.454 e. The molecule has 2 atom stereocenters. The molecule has 1 aromatic rings. The lowest BCUT2D eigenvalue weighted by molar-refractivity contribution is -0.147. The van der Waals surface area contributed by atoms with Crippen molar-refractivity contribution in [1.82, 2.24) is 0 Å². The van der Waals surface area contributed by atoms with Crippen LogP contribution < -0.4 is 0 Å². The number of carbonyl (C=O) groups is 1. The number of hydrogen-bond acceptors (Lipinski definition) is 2. The van der Waals surface area contributed by atoms with Crippen LogP contribution in [0.1, 0.15) is 28.8 Å². The summed E-state index contributed by atoms with van der Waals surface area (Å²) in [6, 6.07) is 8.32. The van der Waals surface area contributed by atoms with Crippen molar-refractivity contribution in [3.63, 3.8) is 0 Å². The Kier molecular flexibility index (Phi) is 2.40. The predicted octanol–water partition coefficient (Wildman–Crippen LogP) is 3.31. The van der Waals surface area contributed by atoms with Gasteiger partial charge in [0.2, 0.25) is 0 Å². The van der Waals surface area contributed by atoms with Crippen molar-refractivity contribution < 1.29 is 9.53 Å². The number of rotatable bonds is 0. The number of fused-ring (bicyclic) bond motifs is 1. The average molecular weight is 293 g/mol. The minimum Gasteiger partial charge on any atom is -0.454 e. The van der Waals surface area contributed by atoms with Gasteiger partial charge in [0, 0.05) is 12.0 Å². The fourth-order valence-electron chi connectivity index (χ4n) is 2.77. The van der Waals surface area contributed by atoms with Crippen molar-refractivity contribution in [2.75, 3.05) is 0 Å². The van der Waals surface area contributed by atoms with Crippen molar-refractivity contribution in [1.29, 1.82) is 0 Å². The Labute approximate surface area is 109 Å². The van der Waals surface area contributed by atoms with Crippen LogP contribution in [-0.2, 0) is 16.0 Å². The predicted molar refractivity (Wildman–Crippen MR) is 69.0 cm³/mol. The van der Waals surface area contributed by atoms with Gasteiger partial charge in [0.25, 0.3) is 0 Å². The monoisotopic (exact) mass is 292 g/mol. The van der Waals surface area contributed by atoms with Crippen LogP contribution >= 0.6 is 15.9 Å². The summed E-state index contributed by atoms with van der Waals surface area (Å²) < 4.78 is 5.59. The van der Waals surface area contributed by atoms with E-state index in [1.807, 2.05) is 6.07 Å². The van der Waals surface area contributed by atoms with Gasteiger partial charge in [-0.15, -0.1) is 0 Å². The normalized spacial score (nSPS) is 31.5. The maximum absolute atomic E-state index is 11.6. The van der Waals surface area contributed by atoms with E-state index >= 15 is 0 Å². The maximum atomic E-state index is 11.6. The Bertz CT molecular complexity index is 491. The number of benzene rings is 1. The molecule has 1 fully saturated rings. The molecule has 0 saturated carbocycles. The number of aryl methyl sites for hydroxylation is 1. The van der Waals surface area contributed by atoms with Crippen LogP contribution in [0, 0.1) is 0 Å². The van der Waals surface area contributed by atoms with Crippen LogP contribution in [0.25, 0.3) is 0 Å². The summed E-state index contributed by atoms with van der Waals surface area (Å²) in [5.41, 5.74) is 2.76. The number of carbonyl (C=O) groups excluding carboxylic acids is 1. The van der Waals surface area contributed by atoms with Gasteiger partial charge in [-0.25, -0.2) is 4.79 Å². The molecule has 17 heavy (non-hydrogen) atoms. The lowest BCUT2D eigenvalue weighted by Gasteiger charge is -2.37. The van der Waals surface area contributed by atoms with Gasteiger partial charge in [-0.05, 0) is 24.0 Å². The van der Waals surface area contributed by atoms with E-state index in [-0.39, 0.29) is 10.8 Å². The highest BCUT2D eigenvalue weighted by atomic mass is 79.9. The molecular weight excluding hydrogens is 280 g/mol. The SMILES string of the molecule is C=C1C[C@]2(CCc3ccccc3[C@H]2Br)OC1=O. The highest BCUT2D eigenvalue weighted by Crippen LogP contribution is 2.51. The minimum absolute atomic E-state index is 0.0724. The molecule has 2 nitrogen and oxygen atoms in total. The smallest absolute Gasteiger partial charge is 0.334 e. The molecule has 1 saturated heterocycles. The van der Waals surface area contributed by atoms with E-state index in [0.717, 1.165) is 12.8 Å². The maximum Gasteiger partial charge on any atom is 0.334 e. The molecular formula is C14H13BrO2. The van der Waals surface area contributed by atoms with Gasteiger partial charge in [0.15, 0.2) is 0 Å². The van der Waals surface area contributed by atoms with Gasteiger partial charge in [0.05, 0.1) is 4.83 Å². The molecule has 3 rings (SSSR count). The molecule has 2 aliphatic rings. The quantitative estimate of drug-likeness (QED) is 0.417. The Hall–Kier alpha value is -1.09. The molecule has 1 aliphatic carbocycles. The van der Waals surface area contributed by atoms with E-state index in [1.54, 1.807) is 0 Å². The van der Waals surface area contributed by atoms with E-state index in [1.165, 1.54) is 11.1 Å². The van der Waals surface area contributed by atoms with E-state index < -0.39 is 5.60 Å². The summed E-state index contributed by atoms with van der Waals surface area (Å²) in [4.78, 5) is 11.6. The molecule has 1 aliphatic heterocycles. The molecule has 0 N–H and O–H groups in total. The summed E-state index contributed by atoms with van der Waals surface area (Å²) in [6.07, 6.45) is 2.46. The third-order valence-electron chi connectivity index (χ3n) is 3.70. The van der Waals surface area contributed by atoms with E-state index in [9.17, 15) is 4.79 Å². The Morgan fingerprint density at radius 1 is 1.41 bits per heavy atom. The van der Waals surface area contributed by atoms with Crippen molar-refractivity contribution in [2.24, 2.45) is 0 Å². The molecule has 0 amide bonds. The Morgan fingerprint density at radius 3 is 2.88 bits per heavy atom. The fourth-order valence-corrected chi connectivity index (χ4v) is 3.70. The molecule has 1 aromatic carbocycles. The number of hydrogen-bond donors (Lipinski definition) is 0. The van der Waals surface area contributed by atoms with Crippen LogP contribution in [0.2, 0.25) is 0 Å². The Morgan fingerprint density at radius 2 is 2.18 bits per heavy atom. The first-order valence-corrected chi connectivity index (χ1v) is 6.67. The fraction of sp³-hybridized carbons (Fsp3) is 0.357. The van der Waals surface area contributed by atoms with Crippen molar-refractivity contribution in [3.8, 4) is 0 Å². The summed E-state index contributed by atoms with van der Waals surface area (Å²) in [6.45, 7) is 3.78. The summed E-state index contributed by atoms with van der Waals surface area (Å²) in [5.74, 6) is -0.242. The van der Waals surface area contributed by atoms with Gasteiger partial charge in [-0.1, -0.05) is 46.8 Å². The van der Waals surface area contributed by atoms with Crippen molar-refractivity contribution in [2.45, 2.75) is 29.7 Å². The Balaban J connectivity index is 2.02. The highest BCUT2D eigenvalue weighted by molar-refractivity contribution is 9.09. The number of ether oxygens (including phenoxy) is 1. The topological polar surface area (TPSA) is 26.3 Å². The van der Waals surface area contributed by atoms with Crippen LogP contribution in [0.4, 0.5) is 0 Å². The zero-order chi connectivity index (χ0) is 12.0. The molecule has 88 valence electrons. The zero-order valence-corrected chi connectivity index (χ0v) is 11.0. The zero-order valence-electron chi connectivity index (χ0n) is 9.41. The lowest BCUT2D eigenvalue weighted by Crippen LogP contribution is -2.37. The van der Waals surface area contributed by atoms with E-state index in [0.29, 0.717) is 12.0 Å². The third-order valence-corrected chi connectivity index (χ3v) is 5.03. The molecule has 0 bridgehead atoms. The number of esters is 1. The molecule has 3 heteroatoms.